The first-order chi connectivity index (χ1) is 14.1. The van der Waals surface area contributed by atoms with Crippen LogP contribution in [0, 0.1) is 5.92 Å². The molecule has 0 aromatic heterocycles. The van der Waals surface area contributed by atoms with Gasteiger partial charge in [-0.15, -0.1) is 0 Å². The lowest BCUT2D eigenvalue weighted by molar-refractivity contribution is -0.128. The van der Waals surface area contributed by atoms with E-state index in [4.69, 9.17) is 0 Å². The Hall–Kier alpha value is -2.40. The van der Waals surface area contributed by atoms with Crippen molar-refractivity contribution in [3.8, 4) is 0 Å². The minimum absolute atomic E-state index is 0.106. The molecule has 1 aromatic carbocycles. The Morgan fingerprint density at radius 3 is 2.83 bits per heavy atom. The molecule has 0 aliphatic carbocycles. The smallest absolute Gasteiger partial charge is 0.226 e. The van der Waals surface area contributed by atoms with Crippen molar-refractivity contribution in [2.24, 2.45) is 5.92 Å². The molecule has 29 heavy (non-hydrogen) atoms. The van der Waals surface area contributed by atoms with Crippen LogP contribution in [0.4, 0.5) is 5.69 Å². The summed E-state index contributed by atoms with van der Waals surface area (Å²) in [7, 11) is 0. The summed E-state index contributed by atoms with van der Waals surface area (Å²) in [5.41, 5.74) is 2.35. The number of carbonyl (C=O) groups is 2. The van der Waals surface area contributed by atoms with Crippen LogP contribution in [0.25, 0.3) is 0 Å². The number of benzene rings is 1. The Bertz CT molecular complexity index is 816. The van der Waals surface area contributed by atoms with E-state index in [-0.39, 0.29) is 17.9 Å². The molecule has 2 fully saturated rings. The quantitative estimate of drug-likeness (QED) is 0.770. The molecular formula is C24H31N3O2. The number of likely N-dealkylation sites (tertiary alicyclic amines) is 1. The molecule has 2 atom stereocenters. The molecule has 0 saturated carbocycles. The second-order valence-electron chi connectivity index (χ2n) is 8.37. The monoisotopic (exact) mass is 393 g/mol. The molecule has 2 saturated heterocycles. The van der Waals surface area contributed by atoms with E-state index in [2.05, 4.69) is 35.3 Å². The van der Waals surface area contributed by atoms with Crippen LogP contribution in [0.2, 0.25) is 0 Å². The van der Waals surface area contributed by atoms with Crippen molar-refractivity contribution in [3.05, 3.63) is 54.3 Å². The fraction of sp³-hybridized carbons (Fsp3) is 0.500. The van der Waals surface area contributed by atoms with Gasteiger partial charge in [-0.25, -0.2) is 0 Å². The lowest BCUT2D eigenvalue weighted by Crippen LogP contribution is -2.41. The van der Waals surface area contributed by atoms with Crippen molar-refractivity contribution in [1.82, 2.24) is 9.80 Å². The average Bonchev–Trinajstić information content (AvgIpc) is 3.22. The summed E-state index contributed by atoms with van der Waals surface area (Å²) >= 11 is 0. The molecule has 154 valence electrons. The van der Waals surface area contributed by atoms with Gasteiger partial charge in [0.1, 0.15) is 0 Å². The summed E-state index contributed by atoms with van der Waals surface area (Å²) in [6.07, 6.45) is 12.9. The number of amides is 2. The van der Waals surface area contributed by atoms with Crippen molar-refractivity contribution in [1.29, 1.82) is 0 Å². The fourth-order valence-electron chi connectivity index (χ4n) is 4.88. The van der Waals surface area contributed by atoms with Crippen LogP contribution in [-0.2, 0) is 16.0 Å². The molecule has 5 nitrogen and oxygen atoms in total. The van der Waals surface area contributed by atoms with Gasteiger partial charge >= 0.3 is 0 Å². The predicted molar refractivity (Wildman–Crippen MR) is 115 cm³/mol. The first-order valence-corrected chi connectivity index (χ1v) is 10.9. The number of para-hydroxylation sites is 1. The minimum atomic E-state index is 0.106. The number of anilines is 1. The molecule has 3 aliphatic heterocycles. The van der Waals surface area contributed by atoms with Crippen molar-refractivity contribution < 1.29 is 9.59 Å². The summed E-state index contributed by atoms with van der Waals surface area (Å²) < 4.78 is 0. The van der Waals surface area contributed by atoms with E-state index in [1.54, 1.807) is 6.92 Å². The third-order valence-corrected chi connectivity index (χ3v) is 6.45. The predicted octanol–water partition coefficient (Wildman–Crippen LogP) is 3.37. The molecule has 0 N–H and O–H groups in total. The number of rotatable bonds is 5. The molecule has 4 rings (SSSR count). The molecule has 0 bridgehead atoms. The van der Waals surface area contributed by atoms with Gasteiger partial charge in [0.25, 0.3) is 0 Å². The number of hydrogen-bond acceptors (Lipinski definition) is 3. The van der Waals surface area contributed by atoms with Gasteiger partial charge in [0.2, 0.25) is 11.8 Å². The van der Waals surface area contributed by atoms with Crippen molar-refractivity contribution in [2.75, 3.05) is 31.1 Å². The molecule has 2 amide bonds. The van der Waals surface area contributed by atoms with E-state index in [0.29, 0.717) is 12.3 Å². The topological polar surface area (TPSA) is 43.9 Å². The van der Waals surface area contributed by atoms with Gasteiger partial charge in [-0.05, 0) is 55.9 Å². The average molecular weight is 394 g/mol. The van der Waals surface area contributed by atoms with Crippen LogP contribution in [0.5, 0.6) is 0 Å². The van der Waals surface area contributed by atoms with Crippen LogP contribution in [-0.4, -0.2) is 53.8 Å². The number of nitrogens with zero attached hydrogens (tertiary/aromatic N) is 3. The zero-order valence-corrected chi connectivity index (χ0v) is 17.3. The maximum absolute atomic E-state index is 12.4. The highest BCUT2D eigenvalue weighted by Gasteiger charge is 2.33. The van der Waals surface area contributed by atoms with Gasteiger partial charge in [0, 0.05) is 44.9 Å². The van der Waals surface area contributed by atoms with E-state index in [1.807, 2.05) is 28.1 Å². The van der Waals surface area contributed by atoms with E-state index >= 15 is 0 Å². The minimum Gasteiger partial charge on any atom is -0.312 e. The first-order valence-electron chi connectivity index (χ1n) is 10.9. The zero-order chi connectivity index (χ0) is 20.2. The Morgan fingerprint density at radius 2 is 2.00 bits per heavy atom. The van der Waals surface area contributed by atoms with Gasteiger partial charge in [-0.2, -0.15) is 0 Å². The zero-order valence-electron chi connectivity index (χ0n) is 17.3. The van der Waals surface area contributed by atoms with Gasteiger partial charge in [0.15, 0.2) is 0 Å². The van der Waals surface area contributed by atoms with Crippen LogP contribution < -0.4 is 4.90 Å². The lowest BCUT2D eigenvalue weighted by Gasteiger charge is -2.32. The SMILES string of the molecule is CC(=O)N1C=CC=CC1C1CCN(CCc2ccccc2N2CCCCC2=O)C1. The highest BCUT2D eigenvalue weighted by molar-refractivity contribution is 5.94. The van der Waals surface area contributed by atoms with Gasteiger partial charge in [0.05, 0.1) is 6.04 Å². The summed E-state index contributed by atoms with van der Waals surface area (Å²) in [6.45, 7) is 5.54. The highest BCUT2D eigenvalue weighted by Crippen LogP contribution is 2.28. The van der Waals surface area contributed by atoms with Gasteiger partial charge in [-0.3, -0.25) is 9.59 Å². The normalized spacial score (nSPS) is 25.1. The van der Waals surface area contributed by atoms with E-state index in [1.165, 1.54) is 5.56 Å². The van der Waals surface area contributed by atoms with E-state index in [9.17, 15) is 9.59 Å². The van der Waals surface area contributed by atoms with E-state index < -0.39 is 0 Å². The van der Waals surface area contributed by atoms with Crippen LogP contribution in [0.15, 0.2) is 48.7 Å². The van der Waals surface area contributed by atoms with Gasteiger partial charge < -0.3 is 14.7 Å². The standard InChI is InChI=1S/C24H31N3O2/c1-19(28)26-14-6-4-10-23(26)21-13-17-25(18-21)16-12-20-8-2-3-9-22(20)27-15-7-5-11-24(27)29/h2-4,6,8-10,14,21,23H,5,7,11-13,15-18H2,1H3. The maximum Gasteiger partial charge on any atom is 0.226 e. The second kappa shape index (κ2) is 8.95. The van der Waals surface area contributed by atoms with Crippen LogP contribution >= 0.6 is 0 Å². The Morgan fingerprint density at radius 1 is 1.14 bits per heavy atom. The summed E-state index contributed by atoms with van der Waals surface area (Å²) in [5, 5.41) is 0. The van der Waals surface area contributed by atoms with Crippen molar-refractivity contribution in [3.63, 3.8) is 0 Å². The fourth-order valence-corrected chi connectivity index (χ4v) is 4.88. The number of hydrogen-bond donors (Lipinski definition) is 0. The Balaban J connectivity index is 1.37. The third kappa shape index (κ3) is 4.45. The van der Waals surface area contributed by atoms with Crippen LogP contribution in [0.3, 0.4) is 0 Å². The molecule has 2 unspecified atom stereocenters. The Labute approximate surface area is 173 Å². The van der Waals surface area contributed by atoms with Crippen molar-refractivity contribution >= 4 is 17.5 Å². The number of piperidine rings is 1. The summed E-state index contributed by atoms with van der Waals surface area (Å²) in [5.74, 6) is 0.833. The molecule has 3 heterocycles. The molecule has 0 spiro atoms. The second-order valence-corrected chi connectivity index (χ2v) is 8.37. The summed E-state index contributed by atoms with van der Waals surface area (Å²) in [4.78, 5) is 30.7. The molecular weight excluding hydrogens is 362 g/mol. The third-order valence-electron chi connectivity index (χ3n) is 6.45. The molecule has 1 aromatic rings. The van der Waals surface area contributed by atoms with Gasteiger partial charge in [-0.1, -0.05) is 30.4 Å². The summed E-state index contributed by atoms with van der Waals surface area (Å²) in [6, 6.07) is 8.53. The maximum atomic E-state index is 12.4. The number of carbonyl (C=O) groups excluding carboxylic acids is 2. The van der Waals surface area contributed by atoms with Crippen molar-refractivity contribution in [2.45, 2.75) is 45.1 Å². The number of allylic oxidation sites excluding steroid dienone is 2. The molecule has 0 radical (unpaired) electrons. The molecule has 5 heteroatoms. The largest absolute Gasteiger partial charge is 0.312 e. The molecule has 3 aliphatic rings. The van der Waals surface area contributed by atoms with Crippen LogP contribution in [0.1, 0.15) is 38.2 Å². The first kappa shape index (κ1) is 19.9. The lowest BCUT2D eigenvalue weighted by atomic mass is 9.95. The Kier molecular flexibility index (Phi) is 6.14. The van der Waals surface area contributed by atoms with E-state index in [0.717, 1.165) is 57.5 Å². The highest BCUT2D eigenvalue weighted by atomic mass is 16.2.